The van der Waals surface area contributed by atoms with Crippen LogP contribution in [0.3, 0.4) is 0 Å². The molecule has 0 fully saturated rings. The Bertz CT molecular complexity index is 617. The van der Waals surface area contributed by atoms with Crippen molar-refractivity contribution in [3.8, 4) is 5.75 Å². The van der Waals surface area contributed by atoms with Crippen LogP contribution < -0.4 is 10.2 Å². The summed E-state index contributed by atoms with van der Waals surface area (Å²) >= 11 is 0. The van der Waals surface area contributed by atoms with E-state index < -0.39 is 12.9 Å². The number of rotatable bonds is 4. The van der Waals surface area contributed by atoms with Gasteiger partial charge in [-0.1, -0.05) is 12.1 Å². The van der Waals surface area contributed by atoms with Gasteiger partial charge >= 0.3 is 7.12 Å². The number of aryl methyl sites for hydroxylation is 1. The van der Waals surface area contributed by atoms with Gasteiger partial charge in [0.05, 0.1) is 0 Å². The predicted octanol–water partition coefficient (Wildman–Crippen LogP) is 1.53. The molecule has 2 N–H and O–H groups in total. The zero-order valence-electron chi connectivity index (χ0n) is 10.8. The van der Waals surface area contributed by atoms with E-state index in [1.807, 2.05) is 0 Å². The minimum absolute atomic E-state index is 0.0000189. The summed E-state index contributed by atoms with van der Waals surface area (Å²) in [5, 5.41) is 18.0. The zero-order valence-corrected chi connectivity index (χ0v) is 10.8. The highest BCUT2D eigenvalue weighted by Crippen LogP contribution is 2.17. The summed E-state index contributed by atoms with van der Waals surface area (Å²) < 4.78 is 32.0. The number of hydrogen-bond acceptors (Lipinski definition) is 3. The molecule has 20 heavy (non-hydrogen) atoms. The van der Waals surface area contributed by atoms with E-state index in [0.717, 1.165) is 6.07 Å². The quantitative estimate of drug-likeness (QED) is 0.834. The molecule has 0 aliphatic rings. The van der Waals surface area contributed by atoms with Crippen LogP contribution in [0.2, 0.25) is 0 Å². The van der Waals surface area contributed by atoms with Gasteiger partial charge < -0.3 is 14.8 Å². The second-order valence-electron chi connectivity index (χ2n) is 4.47. The van der Waals surface area contributed by atoms with Crippen LogP contribution in [-0.4, -0.2) is 17.2 Å². The van der Waals surface area contributed by atoms with Gasteiger partial charge in [0, 0.05) is 6.07 Å². The molecule has 0 atom stereocenters. The minimum atomic E-state index is -1.75. The van der Waals surface area contributed by atoms with Crippen molar-refractivity contribution in [1.29, 1.82) is 0 Å². The molecule has 0 saturated carbocycles. The Kier molecular flexibility index (Phi) is 4.37. The number of ether oxygens (including phenoxy) is 1. The van der Waals surface area contributed by atoms with Gasteiger partial charge in [-0.05, 0) is 41.7 Å². The summed E-state index contributed by atoms with van der Waals surface area (Å²) in [6.45, 7) is 1.64. The lowest BCUT2D eigenvalue weighted by Crippen LogP contribution is -2.30. The maximum absolute atomic E-state index is 13.3. The Hall–Kier alpha value is -1.92. The topological polar surface area (TPSA) is 49.7 Å². The molecule has 0 unspecified atom stereocenters. The molecule has 0 amide bonds. The van der Waals surface area contributed by atoms with Crippen molar-refractivity contribution in [2.24, 2.45) is 0 Å². The molecule has 2 rings (SSSR count). The Morgan fingerprint density at radius 2 is 1.85 bits per heavy atom. The Balaban J connectivity index is 2.12. The smallest absolute Gasteiger partial charge is 0.488 e. The average Bonchev–Trinajstić information content (AvgIpc) is 2.39. The summed E-state index contributed by atoms with van der Waals surface area (Å²) in [7, 11) is -1.75. The van der Waals surface area contributed by atoms with Gasteiger partial charge in [0.1, 0.15) is 24.0 Å². The molecule has 104 valence electrons. The molecule has 0 aliphatic carbocycles. The van der Waals surface area contributed by atoms with Gasteiger partial charge in [0.2, 0.25) is 0 Å². The highest BCUT2D eigenvalue weighted by molar-refractivity contribution is 6.58. The lowest BCUT2D eigenvalue weighted by atomic mass is 9.79. The third-order valence-electron chi connectivity index (χ3n) is 2.83. The minimum Gasteiger partial charge on any atom is -0.489 e. The lowest BCUT2D eigenvalue weighted by molar-refractivity contribution is 0.304. The van der Waals surface area contributed by atoms with E-state index in [1.165, 1.54) is 18.2 Å². The van der Waals surface area contributed by atoms with Crippen LogP contribution in [0, 0.1) is 18.6 Å². The van der Waals surface area contributed by atoms with Crippen LogP contribution in [-0.2, 0) is 6.61 Å². The standard InChI is InChI=1S/C14H13BF2O3/c1-9-2-3-13(7-14(9)17)20-8-10-4-11(15(18)19)6-12(16)5-10/h2-7,18-19H,8H2,1H3. The SMILES string of the molecule is Cc1ccc(OCc2cc(F)cc(B(O)O)c2)cc1F. The highest BCUT2D eigenvalue weighted by Gasteiger charge is 2.13. The Morgan fingerprint density at radius 3 is 2.50 bits per heavy atom. The molecule has 6 heteroatoms. The first-order valence-corrected chi connectivity index (χ1v) is 6.00. The fraction of sp³-hybridized carbons (Fsp3) is 0.143. The van der Waals surface area contributed by atoms with Gasteiger partial charge in [-0.3, -0.25) is 0 Å². The van der Waals surface area contributed by atoms with E-state index in [1.54, 1.807) is 19.1 Å². The summed E-state index contributed by atoms with van der Waals surface area (Å²) in [5.74, 6) is -0.652. The summed E-state index contributed by atoms with van der Waals surface area (Å²) in [6, 6.07) is 8.10. The normalized spacial score (nSPS) is 10.4. The molecule has 2 aromatic carbocycles. The number of halogens is 2. The monoisotopic (exact) mass is 278 g/mol. The summed E-state index contributed by atoms with van der Waals surface area (Å²) in [5.41, 5.74) is 0.974. The van der Waals surface area contributed by atoms with E-state index >= 15 is 0 Å². The zero-order chi connectivity index (χ0) is 14.7. The van der Waals surface area contributed by atoms with Crippen molar-refractivity contribution < 1.29 is 23.6 Å². The van der Waals surface area contributed by atoms with Crippen LogP contribution in [0.4, 0.5) is 8.78 Å². The third-order valence-corrected chi connectivity index (χ3v) is 2.83. The third kappa shape index (κ3) is 3.56. The lowest BCUT2D eigenvalue weighted by Gasteiger charge is -2.09. The van der Waals surface area contributed by atoms with Crippen molar-refractivity contribution in [1.82, 2.24) is 0 Å². The van der Waals surface area contributed by atoms with Crippen LogP contribution in [0.25, 0.3) is 0 Å². The fourth-order valence-corrected chi connectivity index (χ4v) is 1.74. The Morgan fingerprint density at radius 1 is 1.10 bits per heavy atom. The first kappa shape index (κ1) is 14.5. The average molecular weight is 278 g/mol. The van der Waals surface area contributed by atoms with Gasteiger partial charge in [0.25, 0.3) is 0 Å². The molecule has 2 aromatic rings. The number of hydrogen-bond donors (Lipinski definition) is 2. The van der Waals surface area contributed by atoms with E-state index in [0.29, 0.717) is 16.9 Å². The first-order chi connectivity index (χ1) is 9.45. The largest absolute Gasteiger partial charge is 0.489 e. The molecule has 0 aromatic heterocycles. The maximum atomic E-state index is 13.3. The van der Waals surface area contributed by atoms with Crippen molar-refractivity contribution in [3.63, 3.8) is 0 Å². The second kappa shape index (κ2) is 6.03. The molecule has 0 heterocycles. The second-order valence-corrected chi connectivity index (χ2v) is 4.47. The summed E-state index contributed by atoms with van der Waals surface area (Å²) in [6.07, 6.45) is 0. The number of benzene rings is 2. The van der Waals surface area contributed by atoms with Gasteiger partial charge in [-0.25, -0.2) is 8.78 Å². The molecule has 0 aliphatic heterocycles. The molecule has 0 bridgehead atoms. The summed E-state index contributed by atoms with van der Waals surface area (Å²) in [4.78, 5) is 0. The molecular weight excluding hydrogens is 265 g/mol. The predicted molar refractivity (Wildman–Crippen MR) is 71.7 cm³/mol. The highest BCUT2D eigenvalue weighted by atomic mass is 19.1. The maximum Gasteiger partial charge on any atom is 0.488 e. The Labute approximate surface area is 115 Å². The van der Waals surface area contributed by atoms with Crippen molar-refractivity contribution in [3.05, 3.63) is 59.2 Å². The van der Waals surface area contributed by atoms with Gasteiger partial charge in [-0.15, -0.1) is 0 Å². The van der Waals surface area contributed by atoms with Crippen molar-refractivity contribution in [2.75, 3.05) is 0 Å². The fourth-order valence-electron chi connectivity index (χ4n) is 1.74. The van der Waals surface area contributed by atoms with E-state index in [2.05, 4.69) is 0 Å². The van der Waals surface area contributed by atoms with Crippen molar-refractivity contribution in [2.45, 2.75) is 13.5 Å². The van der Waals surface area contributed by atoms with E-state index in [-0.39, 0.29) is 17.9 Å². The van der Waals surface area contributed by atoms with Crippen LogP contribution in [0.1, 0.15) is 11.1 Å². The molecule has 0 spiro atoms. The van der Waals surface area contributed by atoms with Crippen LogP contribution in [0.5, 0.6) is 5.75 Å². The van der Waals surface area contributed by atoms with Gasteiger partial charge in [0.15, 0.2) is 0 Å². The first-order valence-electron chi connectivity index (χ1n) is 6.00. The van der Waals surface area contributed by atoms with Crippen molar-refractivity contribution >= 4 is 12.6 Å². The molecular formula is C14H13BF2O3. The van der Waals surface area contributed by atoms with Crippen LogP contribution in [0.15, 0.2) is 36.4 Å². The van der Waals surface area contributed by atoms with E-state index in [4.69, 9.17) is 14.8 Å². The molecule has 0 radical (unpaired) electrons. The molecule has 3 nitrogen and oxygen atoms in total. The van der Waals surface area contributed by atoms with E-state index in [9.17, 15) is 8.78 Å². The van der Waals surface area contributed by atoms with Crippen LogP contribution >= 0.6 is 0 Å². The van der Waals surface area contributed by atoms with Gasteiger partial charge in [-0.2, -0.15) is 0 Å². The molecule has 0 saturated heterocycles.